The number of nitrogens with two attached hydrogens (primary N) is 1. The highest BCUT2D eigenvalue weighted by Gasteiger charge is 2.03. The van der Waals surface area contributed by atoms with E-state index in [2.05, 4.69) is 35.2 Å². The Morgan fingerprint density at radius 3 is 2.75 bits per heavy atom. The van der Waals surface area contributed by atoms with Crippen LogP contribution in [0.4, 0.5) is 5.95 Å². The first-order valence-corrected chi connectivity index (χ1v) is 7.75. The molecule has 2 N–H and O–H groups in total. The highest BCUT2D eigenvalue weighted by molar-refractivity contribution is 5.83. The van der Waals surface area contributed by atoms with Crippen LogP contribution >= 0.6 is 0 Å². The van der Waals surface area contributed by atoms with Crippen molar-refractivity contribution in [2.75, 3.05) is 5.73 Å². The third-order valence-corrected chi connectivity index (χ3v) is 3.55. The molecule has 0 atom stereocenters. The summed E-state index contributed by atoms with van der Waals surface area (Å²) < 4.78 is 7.50. The van der Waals surface area contributed by atoms with Gasteiger partial charge in [-0.05, 0) is 31.5 Å². The average Bonchev–Trinajstić information content (AvgIpc) is 2.89. The molecule has 0 aliphatic rings. The fourth-order valence-corrected chi connectivity index (χ4v) is 2.40. The summed E-state index contributed by atoms with van der Waals surface area (Å²) in [7, 11) is 0. The van der Waals surface area contributed by atoms with Crippen LogP contribution in [0.25, 0.3) is 0 Å². The zero-order valence-corrected chi connectivity index (χ0v) is 13.8. The van der Waals surface area contributed by atoms with Crippen molar-refractivity contribution in [2.45, 2.75) is 20.5 Å². The summed E-state index contributed by atoms with van der Waals surface area (Å²) in [6.45, 7) is 4.46. The Bertz CT molecular complexity index is 867. The molecule has 3 rings (SSSR count). The molecule has 1 aromatic heterocycles. The number of hydrogen-bond donors (Lipinski definition) is 1. The van der Waals surface area contributed by atoms with Crippen molar-refractivity contribution in [3.8, 4) is 5.75 Å². The minimum absolute atomic E-state index is 0.363. The monoisotopic (exact) mass is 320 g/mol. The normalized spacial score (nSPS) is 11.1. The van der Waals surface area contributed by atoms with Gasteiger partial charge in [-0.2, -0.15) is 5.10 Å². The van der Waals surface area contributed by atoms with E-state index in [-0.39, 0.29) is 0 Å². The van der Waals surface area contributed by atoms with E-state index in [0.29, 0.717) is 12.6 Å². The molecule has 24 heavy (non-hydrogen) atoms. The maximum Gasteiger partial charge on any atom is 0.221 e. The van der Waals surface area contributed by atoms with Gasteiger partial charge in [-0.3, -0.25) is 0 Å². The van der Waals surface area contributed by atoms with E-state index < -0.39 is 0 Å². The predicted octanol–water partition coefficient (Wildman–Crippen LogP) is 3.54. The molecule has 0 saturated heterocycles. The number of benzene rings is 2. The zero-order chi connectivity index (χ0) is 16.9. The van der Waals surface area contributed by atoms with Crippen molar-refractivity contribution >= 4 is 12.2 Å². The van der Waals surface area contributed by atoms with Gasteiger partial charge in [0, 0.05) is 5.56 Å². The summed E-state index contributed by atoms with van der Waals surface area (Å²) >= 11 is 0. The van der Waals surface area contributed by atoms with Crippen molar-refractivity contribution in [1.29, 1.82) is 0 Å². The van der Waals surface area contributed by atoms with Crippen LogP contribution < -0.4 is 10.5 Å². The van der Waals surface area contributed by atoms with Crippen molar-refractivity contribution in [2.24, 2.45) is 5.10 Å². The average molecular weight is 320 g/mol. The van der Waals surface area contributed by atoms with Crippen LogP contribution in [0.2, 0.25) is 0 Å². The van der Waals surface area contributed by atoms with Crippen molar-refractivity contribution in [1.82, 2.24) is 9.66 Å². The van der Waals surface area contributed by atoms with Crippen molar-refractivity contribution in [3.05, 3.63) is 77.1 Å². The SMILES string of the molecule is Cc1cccc(COc2ccccc2C=Nn2cc(C)nc2N)c1. The topological polar surface area (TPSA) is 65.4 Å². The van der Waals surface area contributed by atoms with Gasteiger partial charge in [0.15, 0.2) is 0 Å². The van der Waals surface area contributed by atoms with Gasteiger partial charge in [0.1, 0.15) is 12.4 Å². The third-order valence-electron chi connectivity index (χ3n) is 3.55. The number of imidazole rings is 1. The maximum absolute atomic E-state index is 5.95. The molecule has 0 amide bonds. The summed E-state index contributed by atoms with van der Waals surface area (Å²) in [5.41, 5.74) is 9.87. The largest absolute Gasteiger partial charge is 0.488 e. The fourth-order valence-electron chi connectivity index (χ4n) is 2.40. The number of para-hydroxylation sites is 1. The number of hydrogen-bond acceptors (Lipinski definition) is 4. The van der Waals surface area contributed by atoms with Gasteiger partial charge in [-0.25, -0.2) is 9.66 Å². The second kappa shape index (κ2) is 7.00. The molecule has 0 bridgehead atoms. The zero-order valence-electron chi connectivity index (χ0n) is 13.8. The Hall–Kier alpha value is -3.08. The number of aryl methyl sites for hydroxylation is 2. The summed E-state index contributed by atoms with van der Waals surface area (Å²) in [4.78, 5) is 4.13. The molecule has 0 spiro atoms. The summed E-state index contributed by atoms with van der Waals surface area (Å²) in [6, 6.07) is 16.0. The van der Waals surface area contributed by atoms with Gasteiger partial charge >= 0.3 is 0 Å². The molecule has 5 heteroatoms. The molecular formula is C19H20N4O. The van der Waals surface area contributed by atoms with E-state index in [1.165, 1.54) is 5.56 Å². The first kappa shape index (κ1) is 15.8. The highest BCUT2D eigenvalue weighted by Crippen LogP contribution is 2.18. The molecule has 0 aliphatic carbocycles. The Kier molecular flexibility index (Phi) is 4.61. The number of nitrogen functional groups attached to an aromatic ring is 1. The van der Waals surface area contributed by atoms with Gasteiger partial charge in [0.2, 0.25) is 5.95 Å². The summed E-state index contributed by atoms with van der Waals surface area (Å²) in [5, 5.41) is 4.35. The molecular weight excluding hydrogens is 300 g/mol. The molecule has 0 radical (unpaired) electrons. The summed E-state index contributed by atoms with van der Waals surface area (Å²) in [5.74, 6) is 1.14. The first-order chi connectivity index (χ1) is 11.6. The smallest absolute Gasteiger partial charge is 0.221 e. The lowest BCUT2D eigenvalue weighted by Crippen LogP contribution is -2.00. The second-order valence-electron chi connectivity index (χ2n) is 5.65. The number of aromatic nitrogens is 2. The van der Waals surface area contributed by atoms with Gasteiger partial charge < -0.3 is 10.5 Å². The minimum Gasteiger partial charge on any atom is -0.488 e. The van der Waals surface area contributed by atoms with Crippen LogP contribution in [0.5, 0.6) is 5.75 Å². The van der Waals surface area contributed by atoms with Gasteiger partial charge in [-0.1, -0.05) is 42.0 Å². The number of nitrogens with zero attached hydrogens (tertiary/aromatic N) is 3. The number of ether oxygens (including phenoxy) is 1. The first-order valence-electron chi connectivity index (χ1n) is 7.75. The van der Waals surface area contributed by atoms with E-state index in [0.717, 1.165) is 22.6 Å². The van der Waals surface area contributed by atoms with E-state index in [1.807, 2.05) is 37.3 Å². The predicted molar refractivity (Wildman–Crippen MR) is 96.3 cm³/mol. The van der Waals surface area contributed by atoms with Gasteiger partial charge in [-0.15, -0.1) is 0 Å². The van der Waals surface area contributed by atoms with Crippen LogP contribution in [-0.4, -0.2) is 15.9 Å². The maximum atomic E-state index is 5.95. The molecule has 5 nitrogen and oxygen atoms in total. The van der Waals surface area contributed by atoms with Gasteiger partial charge in [0.25, 0.3) is 0 Å². The molecule has 2 aromatic carbocycles. The molecule has 3 aromatic rings. The van der Waals surface area contributed by atoms with Gasteiger partial charge in [0.05, 0.1) is 18.1 Å². The van der Waals surface area contributed by atoms with Crippen LogP contribution in [0, 0.1) is 13.8 Å². The second-order valence-corrected chi connectivity index (χ2v) is 5.65. The highest BCUT2D eigenvalue weighted by atomic mass is 16.5. The standard InChI is InChI=1S/C19H20N4O/c1-14-6-5-7-16(10-14)13-24-18-9-4-3-8-17(18)11-21-23-12-15(2)22-19(23)20/h3-12H,13H2,1-2H3,(H2,20,22). The Morgan fingerprint density at radius 1 is 1.17 bits per heavy atom. The van der Waals surface area contributed by atoms with Crippen LogP contribution in [0.1, 0.15) is 22.4 Å². The van der Waals surface area contributed by atoms with Crippen LogP contribution in [0.15, 0.2) is 59.8 Å². The molecule has 1 heterocycles. The van der Waals surface area contributed by atoms with Crippen molar-refractivity contribution < 1.29 is 4.74 Å². The lowest BCUT2D eigenvalue weighted by atomic mass is 10.1. The number of anilines is 1. The molecule has 0 fully saturated rings. The molecule has 0 unspecified atom stereocenters. The number of rotatable bonds is 5. The van der Waals surface area contributed by atoms with E-state index in [9.17, 15) is 0 Å². The lowest BCUT2D eigenvalue weighted by molar-refractivity contribution is 0.305. The van der Waals surface area contributed by atoms with E-state index in [1.54, 1.807) is 17.1 Å². The van der Waals surface area contributed by atoms with Crippen molar-refractivity contribution in [3.63, 3.8) is 0 Å². The molecule has 122 valence electrons. The van der Waals surface area contributed by atoms with Crippen LogP contribution in [0.3, 0.4) is 0 Å². The Labute approximate surface area is 141 Å². The third kappa shape index (κ3) is 3.81. The van der Waals surface area contributed by atoms with Crippen LogP contribution in [-0.2, 0) is 6.61 Å². The Morgan fingerprint density at radius 2 is 2.00 bits per heavy atom. The van der Waals surface area contributed by atoms with E-state index >= 15 is 0 Å². The Balaban J connectivity index is 1.76. The minimum atomic E-state index is 0.363. The quantitative estimate of drug-likeness (QED) is 0.731. The lowest BCUT2D eigenvalue weighted by Gasteiger charge is -2.09. The fraction of sp³-hybridized carbons (Fsp3) is 0.158. The molecule has 0 saturated carbocycles. The summed E-state index contributed by atoms with van der Waals surface area (Å²) in [6.07, 6.45) is 3.51. The van der Waals surface area contributed by atoms with E-state index in [4.69, 9.17) is 10.5 Å². The molecule has 0 aliphatic heterocycles.